The van der Waals surface area contributed by atoms with Gasteiger partial charge in [-0.1, -0.05) is 111 Å². The Morgan fingerprint density at radius 1 is 0.590 bits per heavy atom. The summed E-state index contributed by atoms with van der Waals surface area (Å²) in [5.74, 6) is -1.30. The van der Waals surface area contributed by atoms with Crippen molar-refractivity contribution in [3.05, 3.63) is 165 Å². The number of aliphatic hydroxyl groups excluding tert-OH is 1. The fourth-order valence-electron chi connectivity index (χ4n) is 9.79. The Kier molecular flexibility index (Phi) is 21.0. The fraction of sp³-hybridized carbons (Fsp3) is 0.453. The average Bonchev–Trinajstić information content (AvgIpc) is 3.92. The number of hydrogen-bond donors (Lipinski definition) is 1. The van der Waals surface area contributed by atoms with Crippen molar-refractivity contribution in [3.8, 4) is 11.5 Å². The third-order valence-corrected chi connectivity index (χ3v) is 13.4. The number of ether oxygens (including phenoxy) is 10. The van der Waals surface area contributed by atoms with Crippen LogP contribution in [0.1, 0.15) is 137 Å². The van der Waals surface area contributed by atoms with E-state index in [2.05, 4.69) is 0 Å². The molecule has 0 aliphatic carbocycles. The van der Waals surface area contributed by atoms with Gasteiger partial charge in [0.25, 0.3) is 0 Å². The number of hydrogen-bond acceptors (Lipinski definition) is 14. The molecule has 8 rings (SSSR count). The second kappa shape index (κ2) is 27.6. The summed E-state index contributed by atoms with van der Waals surface area (Å²) in [7, 11) is 5.73. The van der Waals surface area contributed by atoms with Crippen molar-refractivity contribution in [3.63, 3.8) is 0 Å². The van der Waals surface area contributed by atoms with Gasteiger partial charge >= 0.3 is 11.9 Å². The van der Waals surface area contributed by atoms with Gasteiger partial charge < -0.3 is 52.5 Å². The van der Waals surface area contributed by atoms with E-state index in [1.165, 1.54) is 20.9 Å². The first-order valence-corrected chi connectivity index (χ1v) is 25.9. The number of ketones is 1. The molecular weight excluding hydrogens is 993 g/mol. The lowest BCUT2D eigenvalue weighted by atomic mass is 9.97. The molecule has 4 heterocycles. The molecule has 1 N–H and O–H groups in total. The Morgan fingerprint density at radius 3 is 1.50 bits per heavy atom. The largest absolute Gasteiger partial charge is 0.497 e. The zero-order valence-corrected chi connectivity index (χ0v) is 47.8. The molecule has 78 heavy (non-hydrogen) atoms. The molecule has 2 saturated heterocycles. The first kappa shape index (κ1) is 59.4. The van der Waals surface area contributed by atoms with Gasteiger partial charge in [-0.05, 0) is 152 Å². The molecule has 14 heteroatoms. The molecule has 1 unspecified atom stereocenters. The zero-order valence-electron chi connectivity index (χ0n) is 49.8. The van der Waals surface area contributed by atoms with Crippen LogP contribution in [0, 0.1) is 27.7 Å². The minimum absolute atomic E-state index is 0.227. The number of aryl methyl sites for hydroxylation is 4. The van der Waals surface area contributed by atoms with E-state index in [1.54, 1.807) is 60.1 Å². The van der Waals surface area contributed by atoms with Crippen molar-refractivity contribution in [2.24, 2.45) is 0 Å². The molecule has 9 atom stereocenters. The van der Waals surface area contributed by atoms with E-state index in [1.807, 2.05) is 139 Å². The van der Waals surface area contributed by atoms with Crippen LogP contribution < -0.4 is 9.47 Å². The fourth-order valence-corrected chi connectivity index (χ4v) is 9.79. The molecule has 0 aromatic heterocycles. The van der Waals surface area contributed by atoms with E-state index in [0.29, 0.717) is 24.0 Å². The van der Waals surface area contributed by atoms with Crippen LogP contribution in [0.25, 0.3) is 12.2 Å². The molecule has 0 spiro atoms. The predicted octanol–water partition coefficient (Wildman–Crippen LogP) is 12.1. The highest BCUT2D eigenvalue weighted by molar-refractivity contribution is 5.97. The lowest BCUT2D eigenvalue weighted by Crippen LogP contribution is -2.35. The van der Waals surface area contributed by atoms with Gasteiger partial charge in [-0.3, -0.25) is 4.79 Å². The second-order valence-corrected chi connectivity index (χ2v) is 20.7. The van der Waals surface area contributed by atoms with Crippen LogP contribution in [-0.2, 0) is 55.9 Å². The van der Waals surface area contributed by atoms with E-state index in [4.69, 9.17) is 50.1 Å². The van der Waals surface area contributed by atoms with Crippen molar-refractivity contribution < 1.29 is 69.6 Å². The molecule has 4 aliphatic heterocycles. The van der Waals surface area contributed by atoms with Gasteiger partial charge in [-0.15, -0.1) is 0 Å². The standard InChI is InChI=1S/C31H38O7.C31H36O7.2CH4/c2*1-19-16-20(2)28-23(17-19)8-7-9-27-29(38-31(4,5)37-27)25(32)14-15-26(21(3)36-30(28)33)35-18-22-10-12-24(34-6)13-11-22;;/h7-8,10-17,21,25-27,29,32H,9,18H2,1-6H3;7-8,10-17,21,26-27,29H,9,18H2,1-6H3;2*1H4/b2*8-7+,15-14-;;/t21-,25?,26+,27-,29+;21-,26+,27-,29+;;/m00../s1/i;;2*1T. The molecule has 4 aromatic rings. The average molecular weight is 1080 g/mol. The molecule has 0 radical (unpaired) electrons. The number of aliphatic hydroxyl groups is 1. The molecule has 0 saturated carbocycles. The summed E-state index contributed by atoms with van der Waals surface area (Å²) in [5, 5.41) is 11.1. The number of cyclic esters (lactones) is 2. The number of esters is 2. The molecule has 2 fully saturated rings. The highest BCUT2D eigenvalue weighted by atomic mass is 16.8. The molecule has 0 bridgehead atoms. The Bertz CT molecular complexity index is 2800. The zero-order chi connectivity index (χ0) is 58.9. The Morgan fingerprint density at radius 2 is 1.03 bits per heavy atom. The van der Waals surface area contributed by atoms with Gasteiger partial charge in [-0.2, -0.15) is 0 Å². The van der Waals surface area contributed by atoms with Crippen LogP contribution in [0.3, 0.4) is 0 Å². The molecule has 4 aromatic carbocycles. The Balaban J connectivity index is 0.000000277. The van der Waals surface area contributed by atoms with Gasteiger partial charge in [0, 0.05) is 2.74 Å². The van der Waals surface area contributed by atoms with Crippen molar-refractivity contribution in [2.45, 2.75) is 177 Å². The molecule has 422 valence electrons. The SMILES string of the molecule is COc1ccc(CO[C@@H]2/C=C\C(=O)[C@H]3OC(C)(C)O[C@H]3C/C=C/c3cc(C)cc(C)c3C(=O)O[C@H]2C)cc1.COc1ccc(CO[C@@H]2/C=C\C(O)[C@H]3OC(C)(C)O[C@H]3C/C=C/c3cc(C)cc(C)c3C(=O)O[C@H]2C)cc1.[3H]C.[3H]C. The van der Waals surface area contributed by atoms with Crippen molar-refractivity contribution in [1.29, 1.82) is 0 Å². The van der Waals surface area contributed by atoms with Crippen LogP contribution in [0.4, 0.5) is 0 Å². The molecule has 0 amide bonds. The lowest BCUT2D eigenvalue weighted by molar-refractivity contribution is -0.152. The van der Waals surface area contributed by atoms with E-state index < -0.39 is 72.3 Å². The molecular formula is C64H82O14. The van der Waals surface area contributed by atoms with Crippen LogP contribution in [0.5, 0.6) is 11.5 Å². The summed E-state index contributed by atoms with van der Waals surface area (Å²) in [6, 6.07) is 22.9. The third-order valence-electron chi connectivity index (χ3n) is 13.4. The van der Waals surface area contributed by atoms with Crippen molar-refractivity contribution >= 4 is 29.9 Å². The minimum atomic E-state index is -0.940. The van der Waals surface area contributed by atoms with Gasteiger partial charge in [0.05, 0.1) is 50.8 Å². The number of fused-ring (bicyclic) bond motifs is 4. The summed E-state index contributed by atoms with van der Waals surface area (Å²) in [4.78, 5) is 40.0. The summed E-state index contributed by atoms with van der Waals surface area (Å²) < 4.78 is 70.3. The van der Waals surface area contributed by atoms with Crippen molar-refractivity contribution in [2.75, 3.05) is 14.2 Å². The van der Waals surface area contributed by atoms with Crippen molar-refractivity contribution in [1.82, 2.24) is 0 Å². The smallest absolute Gasteiger partial charge is 0.339 e. The van der Waals surface area contributed by atoms with Gasteiger partial charge in [0.1, 0.15) is 54.2 Å². The number of carbonyl (C=O) groups excluding carboxylic acids is 3. The summed E-state index contributed by atoms with van der Waals surface area (Å²) in [5.41, 5.74) is 8.16. The number of methoxy groups -OCH3 is 2. The van der Waals surface area contributed by atoms with E-state index >= 15 is 0 Å². The van der Waals surface area contributed by atoms with Crippen LogP contribution in [-0.4, -0.2) is 104 Å². The van der Waals surface area contributed by atoms with Crippen LogP contribution >= 0.6 is 0 Å². The summed E-state index contributed by atoms with van der Waals surface area (Å²) in [6.45, 7) is 19.2. The topological polar surface area (TPSA) is 164 Å². The Hall–Kier alpha value is -6.23. The van der Waals surface area contributed by atoms with E-state index in [-0.39, 0.29) is 25.1 Å². The molecule has 14 nitrogen and oxygen atoms in total. The quantitative estimate of drug-likeness (QED) is 0.131. The maximum absolute atomic E-state index is 13.4. The van der Waals surface area contributed by atoms with Crippen LogP contribution in [0.15, 0.2) is 109 Å². The minimum Gasteiger partial charge on any atom is -0.497 e. The first-order valence-electron chi connectivity index (χ1n) is 27.9. The van der Waals surface area contributed by atoms with Gasteiger partial charge in [-0.25, -0.2) is 9.59 Å². The predicted molar refractivity (Wildman–Crippen MR) is 302 cm³/mol. The third kappa shape index (κ3) is 16.4. The normalized spacial score (nSPS) is 27.4. The number of benzene rings is 4. The highest BCUT2D eigenvalue weighted by Crippen LogP contribution is 2.35. The lowest BCUT2D eigenvalue weighted by Gasteiger charge is -2.25. The summed E-state index contributed by atoms with van der Waals surface area (Å²) in [6.07, 6.45) is 9.44. The second-order valence-electron chi connectivity index (χ2n) is 20.7. The van der Waals surface area contributed by atoms with E-state index in [9.17, 15) is 19.5 Å². The van der Waals surface area contributed by atoms with E-state index in [0.717, 1.165) is 56.0 Å². The number of rotatable bonds is 8. The Labute approximate surface area is 465 Å². The maximum atomic E-state index is 13.4. The monoisotopic (exact) mass is 1080 g/mol. The number of carbonyl (C=O) groups is 3. The summed E-state index contributed by atoms with van der Waals surface area (Å²) >= 11 is 0. The highest BCUT2D eigenvalue weighted by Gasteiger charge is 2.45. The maximum Gasteiger partial charge on any atom is 0.339 e. The van der Waals surface area contributed by atoms with Gasteiger partial charge in [0.15, 0.2) is 17.4 Å². The van der Waals surface area contributed by atoms with Gasteiger partial charge in [0.2, 0.25) is 0 Å². The first-order chi connectivity index (χ1) is 38.1. The molecule has 4 aliphatic rings. The van der Waals surface area contributed by atoms with Crippen LogP contribution in [0.2, 0.25) is 0 Å².